The third kappa shape index (κ3) is 8.77. The van der Waals surface area contributed by atoms with Crippen molar-refractivity contribution in [3.05, 3.63) is 11.6 Å². The first-order valence-electron chi connectivity index (χ1n) is 4.61. The van der Waals surface area contributed by atoms with E-state index in [1.165, 1.54) is 0 Å². The van der Waals surface area contributed by atoms with Crippen molar-refractivity contribution in [2.24, 2.45) is 0 Å². The molecule has 0 saturated heterocycles. The second-order valence-corrected chi connectivity index (χ2v) is 3.23. The van der Waals surface area contributed by atoms with Gasteiger partial charge in [0.05, 0.1) is 0 Å². The summed E-state index contributed by atoms with van der Waals surface area (Å²) in [6.07, 6.45) is 4.08. The monoisotopic (exact) mass is 200 g/mol. The van der Waals surface area contributed by atoms with Gasteiger partial charge in [0.25, 0.3) is 0 Å². The van der Waals surface area contributed by atoms with E-state index in [0.29, 0.717) is 19.3 Å². The lowest BCUT2D eigenvalue weighted by Crippen LogP contribution is -1.95. The molecule has 0 radical (unpaired) electrons. The summed E-state index contributed by atoms with van der Waals surface area (Å²) in [7, 11) is 0. The van der Waals surface area contributed by atoms with Gasteiger partial charge in [-0.3, -0.25) is 9.59 Å². The van der Waals surface area contributed by atoms with Gasteiger partial charge in [-0.1, -0.05) is 11.6 Å². The number of unbranched alkanes of at least 4 members (excludes halogenated alkanes) is 1. The van der Waals surface area contributed by atoms with E-state index in [9.17, 15) is 9.59 Å². The molecule has 14 heavy (non-hydrogen) atoms. The minimum Gasteiger partial charge on any atom is -0.481 e. The van der Waals surface area contributed by atoms with E-state index in [1.54, 1.807) is 0 Å². The fourth-order valence-corrected chi connectivity index (χ4v) is 1.01. The second kappa shape index (κ2) is 7.12. The van der Waals surface area contributed by atoms with E-state index >= 15 is 0 Å². The highest BCUT2D eigenvalue weighted by Crippen LogP contribution is 2.07. The van der Waals surface area contributed by atoms with E-state index in [2.05, 4.69) is 0 Å². The highest BCUT2D eigenvalue weighted by Gasteiger charge is 1.98. The van der Waals surface area contributed by atoms with E-state index < -0.39 is 11.9 Å². The molecule has 0 fully saturated rings. The number of rotatable bonds is 7. The maximum atomic E-state index is 10.2. The standard InChI is InChI=1S/C10H16O4/c1-8(6-7-10(13)14)4-2-3-5-9(11)12/h4H,2-3,5-7H2,1H3,(H,11,12)(H,13,14). The third-order valence-corrected chi connectivity index (χ3v) is 1.82. The fourth-order valence-electron chi connectivity index (χ4n) is 1.01. The molecule has 0 atom stereocenters. The molecule has 0 aromatic heterocycles. The van der Waals surface area contributed by atoms with Gasteiger partial charge in [-0.05, 0) is 26.2 Å². The molecule has 0 heterocycles. The molecule has 0 saturated carbocycles. The Morgan fingerprint density at radius 2 is 1.64 bits per heavy atom. The van der Waals surface area contributed by atoms with Gasteiger partial charge < -0.3 is 10.2 Å². The van der Waals surface area contributed by atoms with Gasteiger partial charge in [-0.2, -0.15) is 0 Å². The van der Waals surface area contributed by atoms with Crippen molar-refractivity contribution >= 4 is 11.9 Å². The molecule has 0 amide bonds. The van der Waals surface area contributed by atoms with E-state index in [1.807, 2.05) is 13.0 Å². The SMILES string of the molecule is CC(=CCCCC(=O)O)CCC(=O)O. The lowest BCUT2D eigenvalue weighted by Gasteiger charge is -1.97. The zero-order valence-electron chi connectivity index (χ0n) is 8.32. The van der Waals surface area contributed by atoms with Crippen LogP contribution in [0.3, 0.4) is 0 Å². The van der Waals surface area contributed by atoms with Gasteiger partial charge in [0, 0.05) is 12.8 Å². The number of carboxylic acids is 2. The van der Waals surface area contributed by atoms with Crippen molar-refractivity contribution in [3.8, 4) is 0 Å². The smallest absolute Gasteiger partial charge is 0.303 e. The van der Waals surface area contributed by atoms with Crippen LogP contribution in [0.1, 0.15) is 39.0 Å². The summed E-state index contributed by atoms with van der Waals surface area (Å²) in [4.78, 5) is 20.4. The maximum absolute atomic E-state index is 10.2. The van der Waals surface area contributed by atoms with Gasteiger partial charge in [-0.15, -0.1) is 0 Å². The summed E-state index contributed by atoms with van der Waals surface area (Å²) >= 11 is 0. The van der Waals surface area contributed by atoms with E-state index in [-0.39, 0.29) is 12.8 Å². The molecule has 0 aliphatic heterocycles. The topological polar surface area (TPSA) is 74.6 Å². The van der Waals surface area contributed by atoms with Gasteiger partial charge in [-0.25, -0.2) is 0 Å². The Morgan fingerprint density at radius 1 is 1.07 bits per heavy atom. The van der Waals surface area contributed by atoms with E-state index in [4.69, 9.17) is 10.2 Å². The molecule has 4 nitrogen and oxygen atoms in total. The van der Waals surface area contributed by atoms with Crippen molar-refractivity contribution in [3.63, 3.8) is 0 Å². The van der Waals surface area contributed by atoms with Crippen molar-refractivity contribution in [1.29, 1.82) is 0 Å². The Morgan fingerprint density at radius 3 is 2.14 bits per heavy atom. The van der Waals surface area contributed by atoms with Crippen LogP contribution in [-0.4, -0.2) is 22.2 Å². The van der Waals surface area contributed by atoms with Gasteiger partial charge >= 0.3 is 11.9 Å². The van der Waals surface area contributed by atoms with Crippen molar-refractivity contribution in [1.82, 2.24) is 0 Å². The van der Waals surface area contributed by atoms with Crippen LogP contribution >= 0.6 is 0 Å². The van der Waals surface area contributed by atoms with Crippen LogP contribution in [0.15, 0.2) is 11.6 Å². The largest absolute Gasteiger partial charge is 0.481 e. The molecule has 0 aliphatic rings. The van der Waals surface area contributed by atoms with Crippen LogP contribution in [0.25, 0.3) is 0 Å². The fraction of sp³-hybridized carbons (Fsp3) is 0.600. The molecule has 0 aromatic rings. The summed E-state index contributed by atoms with van der Waals surface area (Å²) in [5, 5.41) is 16.8. The van der Waals surface area contributed by atoms with Crippen molar-refractivity contribution in [2.75, 3.05) is 0 Å². The molecule has 0 rings (SSSR count). The molecule has 0 aliphatic carbocycles. The molecule has 0 bridgehead atoms. The van der Waals surface area contributed by atoms with Crippen LogP contribution in [0.2, 0.25) is 0 Å². The van der Waals surface area contributed by atoms with Crippen LogP contribution in [-0.2, 0) is 9.59 Å². The van der Waals surface area contributed by atoms with Crippen LogP contribution in [0, 0.1) is 0 Å². The Bertz CT molecular complexity index is 230. The van der Waals surface area contributed by atoms with Crippen molar-refractivity contribution < 1.29 is 19.8 Å². The molecular weight excluding hydrogens is 184 g/mol. The minimum atomic E-state index is -0.803. The molecule has 2 N–H and O–H groups in total. The number of aliphatic carboxylic acids is 2. The zero-order chi connectivity index (χ0) is 11.0. The summed E-state index contributed by atoms with van der Waals surface area (Å²) in [6, 6.07) is 0. The first-order valence-corrected chi connectivity index (χ1v) is 4.61. The van der Waals surface area contributed by atoms with Crippen LogP contribution in [0.4, 0.5) is 0 Å². The third-order valence-electron chi connectivity index (χ3n) is 1.82. The minimum absolute atomic E-state index is 0.140. The van der Waals surface area contributed by atoms with Gasteiger partial charge in [0.2, 0.25) is 0 Å². The Hall–Kier alpha value is -1.32. The molecule has 4 heteroatoms. The highest BCUT2D eigenvalue weighted by atomic mass is 16.4. The normalized spacial score (nSPS) is 11.4. The van der Waals surface area contributed by atoms with Gasteiger partial charge in [0.1, 0.15) is 0 Å². The number of hydrogen-bond donors (Lipinski definition) is 2. The Kier molecular flexibility index (Phi) is 6.45. The average molecular weight is 200 g/mol. The Balaban J connectivity index is 3.55. The quantitative estimate of drug-likeness (QED) is 0.487. The van der Waals surface area contributed by atoms with Crippen LogP contribution < -0.4 is 0 Å². The molecular formula is C10H16O4. The first kappa shape index (κ1) is 12.7. The first-order chi connectivity index (χ1) is 6.52. The summed E-state index contributed by atoms with van der Waals surface area (Å²) < 4.78 is 0. The number of carbonyl (C=O) groups is 2. The molecule has 0 aromatic carbocycles. The van der Waals surface area contributed by atoms with Crippen LogP contribution in [0.5, 0.6) is 0 Å². The van der Waals surface area contributed by atoms with E-state index in [0.717, 1.165) is 5.57 Å². The predicted octanol–water partition coefficient (Wildman–Crippen LogP) is 2.05. The molecule has 0 spiro atoms. The summed E-state index contributed by atoms with van der Waals surface area (Å²) in [6.45, 7) is 1.86. The van der Waals surface area contributed by atoms with Crippen molar-refractivity contribution in [2.45, 2.75) is 39.0 Å². The lowest BCUT2D eigenvalue weighted by molar-refractivity contribution is -0.138. The molecule has 0 unspecified atom stereocenters. The summed E-state index contributed by atoms with van der Waals surface area (Å²) in [5.41, 5.74) is 1.01. The number of carboxylic acid groups (broad SMARTS) is 2. The molecule has 80 valence electrons. The maximum Gasteiger partial charge on any atom is 0.303 e. The zero-order valence-corrected chi connectivity index (χ0v) is 8.32. The van der Waals surface area contributed by atoms with Gasteiger partial charge in [0.15, 0.2) is 0 Å². The Labute approximate surface area is 83.2 Å². The lowest BCUT2D eigenvalue weighted by atomic mass is 10.1. The average Bonchev–Trinajstić information content (AvgIpc) is 2.08. The predicted molar refractivity (Wildman–Crippen MR) is 52.1 cm³/mol. The number of allylic oxidation sites excluding steroid dienone is 2. The second-order valence-electron chi connectivity index (χ2n) is 3.23. The number of hydrogen-bond acceptors (Lipinski definition) is 2. The highest BCUT2D eigenvalue weighted by molar-refractivity contribution is 5.67. The summed E-state index contributed by atoms with van der Waals surface area (Å²) in [5.74, 6) is -1.59.